The van der Waals surface area contributed by atoms with Gasteiger partial charge in [0.25, 0.3) is 0 Å². The molecule has 1 saturated carbocycles. The lowest BCUT2D eigenvalue weighted by molar-refractivity contribution is -0.138. The molecule has 1 aromatic carbocycles. The number of ether oxygens (including phenoxy) is 2. The second-order valence-electron chi connectivity index (χ2n) is 11.5. The van der Waals surface area contributed by atoms with Gasteiger partial charge in [-0.2, -0.15) is 0 Å². The number of aromatic nitrogens is 2. The van der Waals surface area contributed by atoms with E-state index in [9.17, 15) is 9.59 Å². The lowest BCUT2D eigenvalue weighted by atomic mass is 9.91. The summed E-state index contributed by atoms with van der Waals surface area (Å²) in [7, 11) is 3.48. The van der Waals surface area contributed by atoms with Crippen molar-refractivity contribution >= 4 is 22.6 Å². The maximum atomic E-state index is 13.4. The number of carbonyl (C=O) groups is 2. The molecule has 2 heterocycles. The van der Waals surface area contributed by atoms with Crippen molar-refractivity contribution in [3.05, 3.63) is 60.3 Å². The summed E-state index contributed by atoms with van der Waals surface area (Å²) in [4.78, 5) is 37.7. The Hall–Kier alpha value is -3.74. The standard InChI is InChI=1S/C34H43N3O4/c1-8-9-10-11-17-37(6)34(39)27-19-24(18-26(27)23(5)38)41-32-20-30(29-14-12-13-28(35-29)21(2)3)36-33-22(4)31(40-7)16-15-25(32)33/h8,12-16,20-21,24,26-27H,1,9-11,17-19H2,2-7H3/t24-,26+,27-/m1/s1. The van der Waals surface area contributed by atoms with Gasteiger partial charge in [0.2, 0.25) is 5.91 Å². The van der Waals surface area contributed by atoms with E-state index in [0.29, 0.717) is 30.8 Å². The van der Waals surface area contributed by atoms with Gasteiger partial charge in [-0.1, -0.05) is 26.0 Å². The number of hydrogen-bond donors (Lipinski definition) is 0. The fourth-order valence-electron chi connectivity index (χ4n) is 5.76. The number of rotatable bonds is 12. The highest BCUT2D eigenvalue weighted by atomic mass is 16.5. The third-order valence-electron chi connectivity index (χ3n) is 8.17. The van der Waals surface area contributed by atoms with Crippen LogP contribution in [0.15, 0.2) is 49.1 Å². The molecule has 3 aromatic rings. The molecule has 0 spiro atoms. The lowest BCUT2D eigenvalue weighted by Crippen LogP contribution is -2.37. The number of ketones is 1. The summed E-state index contributed by atoms with van der Waals surface area (Å²) in [5.41, 5.74) is 4.16. The summed E-state index contributed by atoms with van der Waals surface area (Å²) in [6, 6.07) is 11.8. The van der Waals surface area contributed by atoms with Gasteiger partial charge in [-0.25, -0.2) is 4.98 Å². The first-order chi connectivity index (χ1) is 19.6. The summed E-state index contributed by atoms with van der Waals surface area (Å²) in [5.74, 6) is 1.00. The Morgan fingerprint density at radius 1 is 1.07 bits per heavy atom. The van der Waals surface area contributed by atoms with Gasteiger partial charge in [0.05, 0.1) is 29.9 Å². The summed E-state index contributed by atoms with van der Waals surface area (Å²) in [6.45, 7) is 12.2. The van der Waals surface area contributed by atoms with Gasteiger partial charge in [0.15, 0.2) is 0 Å². The SMILES string of the molecule is C=CCCCCN(C)C(=O)[C@@H]1C[C@H](Oc2cc(-c3cccc(C(C)C)n3)nc3c(C)c(OC)ccc23)C[C@H]1C(C)=O. The number of nitrogens with zero attached hydrogens (tertiary/aromatic N) is 3. The van der Waals surface area contributed by atoms with E-state index in [4.69, 9.17) is 19.4 Å². The van der Waals surface area contributed by atoms with Crippen LogP contribution >= 0.6 is 0 Å². The molecule has 0 saturated heterocycles. The molecule has 0 radical (unpaired) electrons. The second-order valence-corrected chi connectivity index (χ2v) is 11.5. The van der Waals surface area contributed by atoms with Crippen LogP contribution in [0.25, 0.3) is 22.3 Å². The number of methoxy groups -OCH3 is 1. The van der Waals surface area contributed by atoms with Crippen LogP contribution in [0.4, 0.5) is 0 Å². The first kappa shape index (κ1) is 30.2. The van der Waals surface area contributed by atoms with Crippen LogP contribution in [0.1, 0.15) is 70.1 Å². The van der Waals surface area contributed by atoms with E-state index in [1.165, 1.54) is 0 Å². The maximum Gasteiger partial charge on any atom is 0.226 e. The van der Waals surface area contributed by atoms with Gasteiger partial charge in [0.1, 0.15) is 23.4 Å². The molecule has 7 nitrogen and oxygen atoms in total. The van der Waals surface area contributed by atoms with E-state index in [-0.39, 0.29) is 35.5 Å². The highest BCUT2D eigenvalue weighted by molar-refractivity contribution is 5.92. The maximum absolute atomic E-state index is 13.4. The molecule has 1 amide bonds. The quantitative estimate of drug-likeness (QED) is 0.178. The highest BCUT2D eigenvalue weighted by Gasteiger charge is 2.43. The van der Waals surface area contributed by atoms with Crippen molar-refractivity contribution in [3.63, 3.8) is 0 Å². The number of carbonyl (C=O) groups excluding carboxylic acids is 2. The van der Waals surface area contributed by atoms with Crippen molar-refractivity contribution in [2.24, 2.45) is 11.8 Å². The third kappa shape index (κ3) is 6.77. The Morgan fingerprint density at radius 3 is 2.51 bits per heavy atom. The van der Waals surface area contributed by atoms with Gasteiger partial charge in [-0.15, -0.1) is 6.58 Å². The Morgan fingerprint density at radius 2 is 1.83 bits per heavy atom. The topological polar surface area (TPSA) is 81.6 Å². The second kappa shape index (κ2) is 13.3. The van der Waals surface area contributed by atoms with Gasteiger partial charge < -0.3 is 14.4 Å². The summed E-state index contributed by atoms with van der Waals surface area (Å²) in [5, 5.41) is 0.862. The Bertz CT molecular complexity index is 1420. The van der Waals surface area contributed by atoms with Crippen LogP contribution in [0.5, 0.6) is 11.5 Å². The number of amides is 1. The zero-order valence-corrected chi connectivity index (χ0v) is 25.3. The molecular formula is C34H43N3O4. The van der Waals surface area contributed by atoms with E-state index in [1.54, 1.807) is 18.9 Å². The molecule has 0 bridgehead atoms. The number of aryl methyl sites for hydroxylation is 1. The Labute approximate surface area is 244 Å². The van der Waals surface area contributed by atoms with Crippen molar-refractivity contribution in [2.75, 3.05) is 20.7 Å². The fourth-order valence-corrected chi connectivity index (χ4v) is 5.76. The van der Waals surface area contributed by atoms with Gasteiger partial charge in [-0.05, 0) is 76.1 Å². The predicted molar refractivity (Wildman–Crippen MR) is 163 cm³/mol. The molecule has 41 heavy (non-hydrogen) atoms. The summed E-state index contributed by atoms with van der Waals surface area (Å²) >= 11 is 0. The summed E-state index contributed by atoms with van der Waals surface area (Å²) in [6.07, 6.45) is 5.46. The van der Waals surface area contributed by atoms with E-state index >= 15 is 0 Å². The van der Waals surface area contributed by atoms with Crippen LogP contribution in [0.3, 0.4) is 0 Å². The molecule has 1 fully saturated rings. The third-order valence-corrected chi connectivity index (χ3v) is 8.17. The minimum absolute atomic E-state index is 0.0189. The van der Waals surface area contributed by atoms with Crippen LogP contribution in [0, 0.1) is 18.8 Å². The first-order valence-electron chi connectivity index (χ1n) is 14.6. The first-order valence-corrected chi connectivity index (χ1v) is 14.6. The molecule has 218 valence electrons. The fraction of sp³-hybridized carbons (Fsp3) is 0.471. The molecule has 7 heteroatoms. The number of Topliss-reactive ketones (excluding diaryl/α,β-unsaturated/α-hetero) is 1. The minimum Gasteiger partial charge on any atom is -0.496 e. The van der Waals surface area contributed by atoms with Crippen molar-refractivity contribution < 1.29 is 19.1 Å². The van der Waals surface area contributed by atoms with Crippen LogP contribution in [-0.2, 0) is 9.59 Å². The molecule has 0 unspecified atom stereocenters. The average Bonchev–Trinajstić information content (AvgIpc) is 3.39. The molecule has 0 aliphatic heterocycles. The zero-order chi connectivity index (χ0) is 29.7. The van der Waals surface area contributed by atoms with E-state index in [1.807, 2.05) is 56.4 Å². The van der Waals surface area contributed by atoms with Crippen molar-refractivity contribution in [2.45, 2.75) is 71.8 Å². The molecule has 1 aliphatic rings. The lowest BCUT2D eigenvalue weighted by Gasteiger charge is -2.24. The van der Waals surface area contributed by atoms with E-state index < -0.39 is 0 Å². The summed E-state index contributed by atoms with van der Waals surface area (Å²) < 4.78 is 12.3. The predicted octanol–water partition coefficient (Wildman–Crippen LogP) is 6.91. The minimum atomic E-state index is -0.388. The normalized spacial score (nSPS) is 18.5. The van der Waals surface area contributed by atoms with Gasteiger partial charge in [0, 0.05) is 42.2 Å². The largest absolute Gasteiger partial charge is 0.496 e. The number of hydrogen-bond acceptors (Lipinski definition) is 6. The van der Waals surface area contributed by atoms with Crippen molar-refractivity contribution in [1.29, 1.82) is 0 Å². The number of benzene rings is 1. The van der Waals surface area contributed by atoms with E-state index in [0.717, 1.165) is 52.9 Å². The Balaban J connectivity index is 1.67. The smallest absolute Gasteiger partial charge is 0.226 e. The number of unbranched alkanes of at least 4 members (excludes halogenated alkanes) is 2. The molecule has 1 aliphatic carbocycles. The highest BCUT2D eigenvalue weighted by Crippen LogP contribution is 2.40. The van der Waals surface area contributed by atoms with Crippen LogP contribution < -0.4 is 9.47 Å². The molecule has 2 aromatic heterocycles. The molecule has 0 N–H and O–H groups in total. The molecular weight excluding hydrogens is 514 g/mol. The van der Waals surface area contributed by atoms with Gasteiger partial charge in [-0.3, -0.25) is 14.6 Å². The van der Waals surface area contributed by atoms with Gasteiger partial charge >= 0.3 is 0 Å². The number of fused-ring (bicyclic) bond motifs is 1. The zero-order valence-electron chi connectivity index (χ0n) is 25.3. The number of allylic oxidation sites excluding steroid dienone is 1. The Kier molecular flexibility index (Phi) is 9.79. The number of pyridine rings is 2. The molecule has 4 rings (SSSR count). The molecule has 3 atom stereocenters. The van der Waals surface area contributed by atoms with Crippen LogP contribution in [0.2, 0.25) is 0 Å². The van der Waals surface area contributed by atoms with Crippen molar-refractivity contribution in [1.82, 2.24) is 14.9 Å². The van der Waals surface area contributed by atoms with Crippen LogP contribution in [-0.4, -0.2) is 53.4 Å². The monoisotopic (exact) mass is 557 g/mol. The van der Waals surface area contributed by atoms with Crippen molar-refractivity contribution in [3.8, 4) is 22.9 Å². The average molecular weight is 558 g/mol. The van der Waals surface area contributed by atoms with E-state index in [2.05, 4.69) is 20.4 Å².